The zero-order valence-corrected chi connectivity index (χ0v) is 15.5. The maximum Gasteiger partial charge on any atom is 0.274 e. The van der Waals surface area contributed by atoms with Crippen LogP contribution >= 0.6 is 0 Å². The third-order valence-electron chi connectivity index (χ3n) is 3.98. The number of nitro groups is 1. The third kappa shape index (κ3) is 4.45. The van der Waals surface area contributed by atoms with Gasteiger partial charge in [-0.15, -0.1) is 10.2 Å². The van der Waals surface area contributed by atoms with Gasteiger partial charge in [0.1, 0.15) is 18.6 Å². The number of halogens is 1. The Labute approximate surface area is 161 Å². The number of benzene rings is 1. The average molecular weight is 388 g/mol. The topological polar surface area (TPSA) is 116 Å². The lowest BCUT2D eigenvalue weighted by Crippen LogP contribution is -3.00. The minimum atomic E-state index is -0.444. The summed E-state index contributed by atoms with van der Waals surface area (Å²) in [7, 11) is 1.94. The van der Waals surface area contributed by atoms with Gasteiger partial charge in [0, 0.05) is 18.2 Å². The SMILES string of the molecule is Cc1c(N=Nc2cnn(Cc3cc[n+](C)cc3)c2N)cccc1[N+](=O)[O-].[Cl-]. The number of hydrogen-bond acceptors (Lipinski definition) is 6. The number of aromatic nitrogens is 3. The molecule has 3 rings (SSSR count). The van der Waals surface area contributed by atoms with Gasteiger partial charge < -0.3 is 18.1 Å². The minimum Gasteiger partial charge on any atom is -1.00 e. The van der Waals surface area contributed by atoms with Crippen LogP contribution in [0.3, 0.4) is 0 Å². The van der Waals surface area contributed by atoms with Crippen LogP contribution in [-0.2, 0) is 13.6 Å². The van der Waals surface area contributed by atoms with Gasteiger partial charge in [0.25, 0.3) is 5.69 Å². The van der Waals surface area contributed by atoms with Crippen molar-refractivity contribution < 1.29 is 21.9 Å². The standard InChI is InChI=1S/C17H18N7O2.ClH/c1-12-14(4-3-5-16(12)24(25)26)20-21-15-10-19-23(17(15)18)11-13-6-8-22(2)9-7-13;/h3-10H,11,18H2,1-2H3;1H/q+1;/p-1. The maximum atomic E-state index is 11.0. The Morgan fingerprint density at radius 2 is 1.89 bits per heavy atom. The van der Waals surface area contributed by atoms with Gasteiger partial charge in [-0.3, -0.25) is 10.1 Å². The van der Waals surface area contributed by atoms with Crippen LogP contribution in [0.4, 0.5) is 22.9 Å². The van der Waals surface area contributed by atoms with Gasteiger partial charge in [-0.25, -0.2) is 9.25 Å². The summed E-state index contributed by atoms with van der Waals surface area (Å²) < 4.78 is 3.57. The van der Waals surface area contributed by atoms with Crippen LogP contribution in [0.5, 0.6) is 0 Å². The molecule has 10 heteroatoms. The van der Waals surface area contributed by atoms with E-state index in [-0.39, 0.29) is 18.1 Å². The van der Waals surface area contributed by atoms with E-state index in [0.29, 0.717) is 29.3 Å². The number of anilines is 1. The van der Waals surface area contributed by atoms with Crippen molar-refractivity contribution in [3.05, 3.63) is 70.2 Å². The van der Waals surface area contributed by atoms with Gasteiger partial charge in [0.05, 0.1) is 28.9 Å². The number of azo groups is 1. The van der Waals surface area contributed by atoms with Gasteiger partial charge in [0.2, 0.25) is 0 Å². The Morgan fingerprint density at radius 1 is 1.22 bits per heavy atom. The molecule has 0 radical (unpaired) electrons. The van der Waals surface area contributed by atoms with Crippen LogP contribution in [0.2, 0.25) is 0 Å². The van der Waals surface area contributed by atoms with E-state index in [1.807, 2.05) is 36.1 Å². The molecule has 0 atom stereocenters. The number of nitrogens with two attached hydrogens (primary N) is 1. The first-order chi connectivity index (χ1) is 12.5. The molecule has 0 saturated heterocycles. The molecular formula is C17H18ClN7O2. The first kappa shape index (κ1) is 20.0. The van der Waals surface area contributed by atoms with E-state index in [4.69, 9.17) is 5.73 Å². The molecule has 0 aliphatic carbocycles. The normalized spacial score (nSPS) is 10.7. The lowest BCUT2D eigenvalue weighted by molar-refractivity contribution is -0.671. The molecule has 0 amide bonds. The van der Waals surface area contributed by atoms with Gasteiger partial charge >= 0.3 is 0 Å². The predicted molar refractivity (Wildman–Crippen MR) is 95.4 cm³/mol. The van der Waals surface area contributed by atoms with Gasteiger partial charge in [-0.1, -0.05) is 6.07 Å². The fourth-order valence-electron chi connectivity index (χ4n) is 2.42. The number of nitrogens with zero attached hydrogens (tertiary/aromatic N) is 6. The molecule has 0 aliphatic heterocycles. The van der Waals surface area contributed by atoms with E-state index in [1.54, 1.807) is 23.7 Å². The Morgan fingerprint density at radius 3 is 2.56 bits per heavy atom. The summed E-state index contributed by atoms with van der Waals surface area (Å²) in [6.45, 7) is 2.15. The molecule has 0 spiro atoms. The van der Waals surface area contributed by atoms with Crippen LogP contribution in [-0.4, -0.2) is 14.7 Å². The van der Waals surface area contributed by atoms with E-state index in [0.717, 1.165) is 5.56 Å². The zero-order chi connectivity index (χ0) is 18.7. The summed E-state index contributed by atoms with van der Waals surface area (Å²) in [5, 5.41) is 23.4. The molecule has 3 aromatic rings. The van der Waals surface area contributed by atoms with Crippen LogP contribution in [0.25, 0.3) is 0 Å². The summed E-state index contributed by atoms with van der Waals surface area (Å²) in [6.07, 6.45) is 5.41. The summed E-state index contributed by atoms with van der Waals surface area (Å²) in [4.78, 5) is 10.6. The molecule has 0 unspecified atom stereocenters. The predicted octanol–water partition coefficient (Wildman–Crippen LogP) is -0.0259. The highest BCUT2D eigenvalue weighted by Crippen LogP contribution is 2.30. The van der Waals surface area contributed by atoms with Crippen molar-refractivity contribution in [1.82, 2.24) is 9.78 Å². The molecule has 0 aliphatic rings. The second-order valence-electron chi connectivity index (χ2n) is 5.82. The van der Waals surface area contributed by atoms with Crippen molar-refractivity contribution in [2.45, 2.75) is 13.5 Å². The number of aryl methyl sites for hydroxylation is 1. The molecular weight excluding hydrogens is 370 g/mol. The Kier molecular flexibility index (Phi) is 6.19. The highest BCUT2D eigenvalue weighted by Gasteiger charge is 2.13. The summed E-state index contributed by atoms with van der Waals surface area (Å²) >= 11 is 0. The Bertz CT molecular complexity index is 983. The molecule has 140 valence electrons. The maximum absolute atomic E-state index is 11.0. The van der Waals surface area contributed by atoms with Crippen molar-refractivity contribution in [1.29, 1.82) is 0 Å². The number of rotatable bonds is 5. The minimum absolute atomic E-state index is 0. The highest BCUT2D eigenvalue weighted by atomic mass is 35.5. The van der Waals surface area contributed by atoms with Gasteiger partial charge in [-0.05, 0) is 18.6 Å². The van der Waals surface area contributed by atoms with Crippen molar-refractivity contribution in [3.8, 4) is 0 Å². The van der Waals surface area contributed by atoms with Gasteiger partial charge in [-0.2, -0.15) is 5.10 Å². The fraction of sp³-hybridized carbons (Fsp3) is 0.176. The smallest absolute Gasteiger partial charge is 0.274 e. The van der Waals surface area contributed by atoms with E-state index in [2.05, 4.69) is 15.3 Å². The second-order valence-corrected chi connectivity index (χ2v) is 5.82. The fourth-order valence-corrected chi connectivity index (χ4v) is 2.42. The van der Waals surface area contributed by atoms with Crippen molar-refractivity contribution in [3.63, 3.8) is 0 Å². The van der Waals surface area contributed by atoms with Gasteiger partial charge in [0.15, 0.2) is 12.4 Å². The molecule has 2 N–H and O–H groups in total. The van der Waals surface area contributed by atoms with Crippen LogP contribution in [0.1, 0.15) is 11.1 Å². The Balaban J connectivity index is 0.00000261. The molecule has 27 heavy (non-hydrogen) atoms. The van der Waals surface area contributed by atoms with E-state index in [9.17, 15) is 10.1 Å². The second kappa shape index (κ2) is 8.37. The van der Waals surface area contributed by atoms with E-state index in [1.165, 1.54) is 12.3 Å². The largest absolute Gasteiger partial charge is 1.00 e. The number of pyridine rings is 1. The summed E-state index contributed by atoms with van der Waals surface area (Å²) in [6, 6.07) is 8.63. The summed E-state index contributed by atoms with van der Waals surface area (Å²) in [5.41, 5.74) is 8.43. The molecule has 0 fully saturated rings. The first-order valence-corrected chi connectivity index (χ1v) is 7.87. The van der Waals surface area contributed by atoms with Crippen LogP contribution in [0.15, 0.2) is 59.2 Å². The third-order valence-corrected chi connectivity index (χ3v) is 3.98. The number of nitrogen functional groups attached to an aromatic ring is 1. The van der Waals surface area contributed by atoms with Crippen molar-refractivity contribution >= 4 is 22.9 Å². The average Bonchev–Trinajstić information content (AvgIpc) is 2.96. The lowest BCUT2D eigenvalue weighted by atomic mass is 10.1. The molecule has 9 nitrogen and oxygen atoms in total. The van der Waals surface area contributed by atoms with Crippen LogP contribution in [0, 0.1) is 17.0 Å². The quantitative estimate of drug-likeness (QED) is 0.286. The van der Waals surface area contributed by atoms with E-state index < -0.39 is 4.92 Å². The van der Waals surface area contributed by atoms with Crippen molar-refractivity contribution in [2.75, 3.05) is 5.73 Å². The Hall–Kier alpha value is -3.33. The molecule has 2 aromatic heterocycles. The number of hydrogen-bond donors (Lipinski definition) is 1. The zero-order valence-electron chi connectivity index (χ0n) is 14.8. The van der Waals surface area contributed by atoms with Crippen molar-refractivity contribution in [2.24, 2.45) is 17.3 Å². The first-order valence-electron chi connectivity index (χ1n) is 7.87. The van der Waals surface area contributed by atoms with Crippen LogP contribution < -0.4 is 22.7 Å². The monoisotopic (exact) mass is 387 g/mol. The lowest BCUT2D eigenvalue weighted by Gasteiger charge is -2.03. The highest BCUT2D eigenvalue weighted by molar-refractivity contribution is 5.59. The molecule has 2 heterocycles. The molecule has 0 saturated carbocycles. The van der Waals surface area contributed by atoms with E-state index >= 15 is 0 Å². The number of nitro benzene ring substituents is 1. The molecule has 0 bridgehead atoms. The summed E-state index contributed by atoms with van der Waals surface area (Å²) in [5.74, 6) is 0.380. The molecule has 1 aromatic carbocycles.